The van der Waals surface area contributed by atoms with Gasteiger partial charge in [0.1, 0.15) is 30.0 Å². The second kappa shape index (κ2) is 15.5. The summed E-state index contributed by atoms with van der Waals surface area (Å²) in [5.74, 6) is -4.36. The number of rotatable bonds is 9. The van der Waals surface area contributed by atoms with Gasteiger partial charge >= 0.3 is 59.1 Å². The minimum atomic E-state index is -5.62. The van der Waals surface area contributed by atoms with Gasteiger partial charge in [-0.05, 0) is 37.3 Å². The fourth-order valence-corrected chi connectivity index (χ4v) is 4.06. The molecule has 12 nitrogen and oxygen atoms in total. The first-order chi connectivity index (χ1) is 19.4. The van der Waals surface area contributed by atoms with Gasteiger partial charge in [0.15, 0.2) is 28.9 Å². The molecule has 0 bridgehead atoms. The van der Waals surface area contributed by atoms with E-state index in [1.807, 2.05) is 0 Å². The van der Waals surface area contributed by atoms with Gasteiger partial charge in [0.05, 0.1) is 12.3 Å². The number of anilines is 2. The second-order valence-electron chi connectivity index (χ2n) is 8.03. The van der Waals surface area contributed by atoms with Crippen molar-refractivity contribution in [2.24, 2.45) is 0 Å². The van der Waals surface area contributed by atoms with Crippen molar-refractivity contribution in [2.45, 2.75) is 6.92 Å². The van der Waals surface area contributed by atoms with Crippen LogP contribution >= 0.6 is 19.4 Å². The zero-order valence-electron chi connectivity index (χ0n) is 22.8. The summed E-state index contributed by atoms with van der Waals surface area (Å²) < 4.78 is 55.6. The summed E-state index contributed by atoms with van der Waals surface area (Å²) in [6.45, 7) is 1.68. The van der Waals surface area contributed by atoms with Crippen molar-refractivity contribution in [3.05, 3.63) is 93.5 Å². The van der Waals surface area contributed by atoms with Crippen LogP contribution in [-0.4, -0.2) is 22.1 Å². The van der Waals surface area contributed by atoms with Crippen LogP contribution < -0.4 is 99.5 Å². The quantitative estimate of drug-likeness (QED) is 0.144. The first kappa shape index (κ1) is 36.7. The Hall–Kier alpha value is -2.49. The fraction of sp³-hybridized carbons (Fsp3) is 0.0800. The Bertz CT molecular complexity index is 1760. The molecule has 0 saturated heterocycles. The van der Waals surface area contributed by atoms with E-state index in [4.69, 9.17) is 26.8 Å². The van der Waals surface area contributed by atoms with Crippen LogP contribution in [0.1, 0.15) is 17.3 Å². The Kier molecular flexibility index (Phi) is 13.2. The summed E-state index contributed by atoms with van der Waals surface area (Å²) in [5.41, 5.74) is 3.94. The van der Waals surface area contributed by atoms with E-state index in [-0.39, 0.29) is 105 Å². The number of halogens is 3. The van der Waals surface area contributed by atoms with E-state index in [1.165, 1.54) is 36.7 Å². The predicted molar refractivity (Wildman–Crippen MR) is 139 cm³/mol. The van der Waals surface area contributed by atoms with Gasteiger partial charge in [0, 0.05) is 36.3 Å². The van der Waals surface area contributed by atoms with E-state index >= 15 is 0 Å². The number of ether oxygens (including phenoxy) is 2. The number of nitrogens with two attached hydrogens (primary N) is 1. The molecule has 4 rings (SSSR count). The molecule has 2 aromatic heterocycles. The third-order valence-corrected chi connectivity index (χ3v) is 6.07. The SMILES string of the molecule is CCOc1ccn(-c2ccc(F)c(OP(=O)([O-])[O-])c2)c(=O)c1C(=O)Nc1ccc(Oc2ccnc(N)c2Cl)c(F)c1.[Na+].[Na+]. The third kappa shape index (κ3) is 9.02. The molecule has 4 aromatic rings. The molecule has 0 saturated carbocycles. The number of pyridine rings is 2. The van der Waals surface area contributed by atoms with Crippen LogP contribution in [0.25, 0.3) is 5.69 Å². The predicted octanol–water partition coefficient (Wildman–Crippen LogP) is -2.59. The van der Waals surface area contributed by atoms with Crippen molar-refractivity contribution in [1.82, 2.24) is 9.55 Å². The van der Waals surface area contributed by atoms with E-state index in [0.29, 0.717) is 0 Å². The molecule has 0 aliphatic carbocycles. The zero-order chi connectivity index (χ0) is 29.9. The number of amides is 1. The van der Waals surface area contributed by atoms with Crippen LogP contribution in [0.5, 0.6) is 23.0 Å². The van der Waals surface area contributed by atoms with Gasteiger partial charge in [0.25, 0.3) is 11.5 Å². The van der Waals surface area contributed by atoms with Crippen molar-refractivity contribution in [1.29, 1.82) is 0 Å². The van der Waals surface area contributed by atoms with Crippen molar-refractivity contribution in [3.8, 4) is 28.7 Å². The number of phosphoric acid groups is 1. The monoisotopic (exact) mass is 652 g/mol. The van der Waals surface area contributed by atoms with Crippen LogP contribution in [0.2, 0.25) is 5.02 Å². The van der Waals surface area contributed by atoms with Gasteiger partial charge in [-0.25, -0.2) is 13.8 Å². The number of nitrogens with zero attached hydrogens (tertiary/aromatic N) is 2. The molecule has 1 amide bonds. The maximum atomic E-state index is 14.8. The molecule has 214 valence electrons. The zero-order valence-corrected chi connectivity index (χ0v) is 28.4. The number of nitrogens with one attached hydrogen (secondary N) is 1. The fourth-order valence-electron chi connectivity index (χ4n) is 3.53. The van der Waals surface area contributed by atoms with Crippen LogP contribution in [0.15, 0.2) is 65.7 Å². The van der Waals surface area contributed by atoms with Crippen LogP contribution in [0, 0.1) is 11.6 Å². The van der Waals surface area contributed by atoms with E-state index < -0.39 is 42.2 Å². The molecule has 0 fully saturated rings. The number of hydrogen-bond donors (Lipinski definition) is 2. The first-order valence-corrected chi connectivity index (χ1v) is 13.3. The van der Waals surface area contributed by atoms with Gasteiger partial charge in [-0.2, -0.15) is 0 Å². The van der Waals surface area contributed by atoms with Crippen LogP contribution in [0.4, 0.5) is 20.3 Å². The minimum absolute atomic E-state index is 0. The van der Waals surface area contributed by atoms with Crippen LogP contribution in [0.3, 0.4) is 0 Å². The molecule has 0 unspecified atom stereocenters. The van der Waals surface area contributed by atoms with E-state index in [1.54, 1.807) is 6.92 Å². The average Bonchev–Trinajstić information content (AvgIpc) is 2.89. The summed E-state index contributed by atoms with van der Waals surface area (Å²) in [6, 6.07) is 8.71. The smallest absolute Gasteiger partial charge is 0.780 e. The molecule has 0 aliphatic rings. The van der Waals surface area contributed by atoms with Gasteiger partial charge in [0.2, 0.25) is 0 Å². The number of aromatic nitrogens is 2. The molecule has 18 heteroatoms. The summed E-state index contributed by atoms with van der Waals surface area (Å²) in [5, 5.41) is 2.37. The number of carbonyl (C=O) groups is 1. The van der Waals surface area contributed by atoms with Crippen molar-refractivity contribution < 1.29 is 101 Å². The van der Waals surface area contributed by atoms with Crippen molar-refractivity contribution in [3.63, 3.8) is 0 Å². The van der Waals surface area contributed by atoms with Crippen LogP contribution in [-0.2, 0) is 4.57 Å². The largest absolute Gasteiger partial charge is 1.00 e. The number of benzene rings is 2. The standard InChI is InChI=1S/C25H20ClF2N4O8P.2Na/c1-2-38-18-8-10-32(14-4-5-15(27)20(12-14)40-41(35,36)37)25(34)21(18)24(33)31-13-3-6-17(16(28)11-13)39-19-7-9-30-23(29)22(19)26;;/h3-12H,2H2,1H3,(H2,29,30)(H,31,33)(H2,35,36,37);;/q;2*+1/p-2. The van der Waals surface area contributed by atoms with Gasteiger partial charge in [-0.15, -0.1) is 0 Å². The number of phosphoric ester groups is 1. The molecular formula is C25H18ClF2N4Na2O8P. The molecule has 0 atom stereocenters. The van der Waals surface area contributed by atoms with Gasteiger partial charge in [-0.1, -0.05) is 11.6 Å². The third-order valence-electron chi connectivity index (χ3n) is 5.27. The number of hydrogen-bond acceptors (Lipinski definition) is 10. The minimum Gasteiger partial charge on any atom is -0.780 e. The molecule has 2 aromatic carbocycles. The molecule has 43 heavy (non-hydrogen) atoms. The molecule has 3 N–H and O–H groups in total. The Morgan fingerprint density at radius 1 is 1.05 bits per heavy atom. The molecule has 0 radical (unpaired) electrons. The van der Waals surface area contributed by atoms with E-state index in [9.17, 15) is 32.7 Å². The van der Waals surface area contributed by atoms with Crippen molar-refractivity contribution >= 4 is 36.8 Å². The summed E-state index contributed by atoms with van der Waals surface area (Å²) in [4.78, 5) is 52.2. The summed E-state index contributed by atoms with van der Waals surface area (Å²) >= 11 is 6.02. The average molecular weight is 653 g/mol. The maximum Gasteiger partial charge on any atom is 1.00 e. The van der Waals surface area contributed by atoms with Gasteiger partial charge < -0.3 is 39.4 Å². The van der Waals surface area contributed by atoms with Gasteiger partial charge in [-0.3, -0.25) is 14.2 Å². The number of carbonyl (C=O) groups excluding carboxylic acids is 1. The van der Waals surface area contributed by atoms with E-state index in [2.05, 4.69) is 14.8 Å². The first-order valence-electron chi connectivity index (χ1n) is 11.5. The van der Waals surface area contributed by atoms with Crippen molar-refractivity contribution in [2.75, 3.05) is 17.7 Å². The second-order valence-corrected chi connectivity index (χ2v) is 9.48. The molecule has 0 aliphatic heterocycles. The Balaban J connectivity index is 0.00000323. The summed E-state index contributed by atoms with van der Waals surface area (Å²) in [7, 11) is -5.62. The topological polar surface area (TPSA) is 181 Å². The molecule has 2 heterocycles. The maximum absolute atomic E-state index is 14.8. The summed E-state index contributed by atoms with van der Waals surface area (Å²) in [6.07, 6.45) is 2.50. The Morgan fingerprint density at radius 2 is 1.77 bits per heavy atom. The molecular weight excluding hydrogens is 635 g/mol. The number of nitrogen functional groups attached to an aromatic ring is 1. The molecule has 0 spiro atoms. The van der Waals surface area contributed by atoms with E-state index in [0.717, 1.165) is 28.8 Å². The Morgan fingerprint density at radius 3 is 2.42 bits per heavy atom. The Labute approximate surface area is 291 Å². The normalized spacial score (nSPS) is 10.7.